The molecular formula is C8H6BrNOS. The molecule has 0 aliphatic heterocycles. The monoisotopic (exact) mass is 243 g/mol. The van der Waals surface area contributed by atoms with Gasteiger partial charge < -0.3 is 10.8 Å². The number of benzene rings is 1. The van der Waals surface area contributed by atoms with Crippen molar-refractivity contribution in [3.8, 4) is 5.75 Å². The molecule has 0 unspecified atom stereocenters. The molecule has 0 atom stereocenters. The lowest BCUT2D eigenvalue weighted by Gasteiger charge is -1.93. The first-order valence-electron chi connectivity index (χ1n) is 3.35. The second-order valence-corrected chi connectivity index (χ2v) is 4.37. The predicted octanol–water partition coefficient (Wildman–Crippen LogP) is 2.95. The average Bonchev–Trinajstić information content (AvgIpc) is 2.29. The largest absolute Gasteiger partial charge is 0.504 e. The third-order valence-corrected chi connectivity index (χ3v) is 3.30. The minimum absolute atomic E-state index is 0.183. The summed E-state index contributed by atoms with van der Waals surface area (Å²) in [7, 11) is 0. The van der Waals surface area contributed by atoms with E-state index in [9.17, 15) is 5.11 Å². The van der Waals surface area contributed by atoms with Crippen molar-refractivity contribution < 1.29 is 5.11 Å². The number of nitrogens with two attached hydrogens (primary N) is 1. The molecular weight excluding hydrogens is 238 g/mol. The van der Waals surface area contributed by atoms with Gasteiger partial charge in [-0.3, -0.25) is 0 Å². The molecule has 0 saturated carbocycles. The molecule has 2 nitrogen and oxygen atoms in total. The Morgan fingerprint density at radius 1 is 1.42 bits per heavy atom. The summed E-state index contributed by atoms with van der Waals surface area (Å²) in [6, 6.07) is 5.73. The first kappa shape index (κ1) is 7.89. The Hall–Kier alpha value is -0.740. The molecule has 0 amide bonds. The Kier molecular flexibility index (Phi) is 1.73. The van der Waals surface area contributed by atoms with Gasteiger partial charge in [-0.2, -0.15) is 0 Å². The molecule has 3 N–H and O–H groups in total. The van der Waals surface area contributed by atoms with Crippen LogP contribution >= 0.6 is 27.3 Å². The summed E-state index contributed by atoms with van der Waals surface area (Å²) in [5.74, 6) is 0.183. The van der Waals surface area contributed by atoms with Crippen LogP contribution in [-0.2, 0) is 0 Å². The molecule has 0 saturated heterocycles. The van der Waals surface area contributed by atoms with Gasteiger partial charge in [0.25, 0.3) is 0 Å². The summed E-state index contributed by atoms with van der Waals surface area (Å²) in [4.78, 5) is 0. The predicted molar refractivity (Wildman–Crippen MR) is 55.6 cm³/mol. The third-order valence-electron chi connectivity index (χ3n) is 1.67. The maximum atomic E-state index is 9.53. The molecule has 0 aliphatic carbocycles. The van der Waals surface area contributed by atoms with Gasteiger partial charge >= 0.3 is 0 Å². The number of rotatable bonds is 0. The minimum atomic E-state index is 0.183. The van der Waals surface area contributed by atoms with Gasteiger partial charge in [-0.05, 0) is 28.1 Å². The van der Waals surface area contributed by atoms with E-state index in [0.717, 1.165) is 14.6 Å². The van der Waals surface area contributed by atoms with Gasteiger partial charge in [-0.1, -0.05) is 6.07 Å². The number of hydrogen-bond acceptors (Lipinski definition) is 3. The number of nitrogen functional groups attached to an aromatic ring is 1. The highest BCUT2D eigenvalue weighted by atomic mass is 79.9. The van der Waals surface area contributed by atoms with Gasteiger partial charge in [0, 0.05) is 9.17 Å². The Labute approximate surface area is 81.8 Å². The summed E-state index contributed by atoms with van der Waals surface area (Å²) < 4.78 is 1.88. The van der Waals surface area contributed by atoms with Crippen molar-refractivity contribution in [1.82, 2.24) is 0 Å². The zero-order chi connectivity index (χ0) is 8.72. The number of hydrogen-bond donors (Lipinski definition) is 2. The van der Waals surface area contributed by atoms with Crippen molar-refractivity contribution in [3.05, 3.63) is 22.7 Å². The maximum absolute atomic E-state index is 9.53. The normalized spacial score (nSPS) is 10.8. The van der Waals surface area contributed by atoms with Crippen LogP contribution in [0.15, 0.2) is 22.7 Å². The Balaban J connectivity index is 2.97. The number of thiophene rings is 1. The van der Waals surface area contributed by atoms with E-state index < -0.39 is 0 Å². The van der Waals surface area contributed by atoms with Gasteiger partial charge in [-0.15, -0.1) is 11.3 Å². The molecule has 0 bridgehead atoms. The van der Waals surface area contributed by atoms with E-state index in [1.54, 1.807) is 0 Å². The van der Waals surface area contributed by atoms with Crippen molar-refractivity contribution in [2.75, 3.05) is 5.73 Å². The van der Waals surface area contributed by atoms with E-state index in [1.807, 2.05) is 18.2 Å². The van der Waals surface area contributed by atoms with Crippen molar-refractivity contribution in [3.63, 3.8) is 0 Å². The summed E-state index contributed by atoms with van der Waals surface area (Å²) in [5.41, 5.74) is 5.57. The first-order chi connectivity index (χ1) is 5.70. The van der Waals surface area contributed by atoms with Crippen LogP contribution in [-0.4, -0.2) is 5.11 Å². The zero-order valence-corrected chi connectivity index (χ0v) is 8.45. The van der Waals surface area contributed by atoms with Crippen LogP contribution in [0.3, 0.4) is 0 Å². The molecule has 1 aromatic heterocycles. The Bertz CT molecular complexity index is 438. The molecule has 12 heavy (non-hydrogen) atoms. The highest BCUT2D eigenvalue weighted by molar-refractivity contribution is 9.10. The SMILES string of the molecule is Nc1sc2cccc(Br)c2c1O. The summed E-state index contributed by atoms with van der Waals surface area (Å²) in [5, 5.41) is 10.8. The van der Waals surface area contributed by atoms with E-state index in [4.69, 9.17) is 5.73 Å². The van der Waals surface area contributed by atoms with Crippen LogP contribution in [0.2, 0.25) is 0 Å². The van der Waals surface area contributed by atoms with Crippen LogP contribution in [0.25, 0.3) is 10.1 Å². The van der Waals surface area contributed by atoms with Gasteiger partial charge in [0.2, 0.25) is 0 Å². The van der Waals surface area contributed by atoms with Gasteiger partial charge in [-0.25, -0.2) is 0 Å². The standard InChI is InChI=1S/C8H6BrNOS/c9-4-2-1-3-5-6(4)7(11)8(10)12-5/h1-3,11H,10H2. The van der Waals surface area contributed by atoms with Crippen LogP contribution in [0.5, 0.6) is 5.75 Å². The van der Waals surface area contributed by atoms with Gasteiger partial charge in [0.15, 0.2) is 5.75 Å². The Morgan fingerprint density at radius 3 is 2.83 bits per heavy atom. The molecule has 62 valence electrons. The van der Waals surface area contributed by atoms with Crippen molar-refractivity contribution in [2.45, 2.75) is 0 Å². The number of halogens is 1. The molecule has 0 fully saturated rings. The molecule has 4 heteroatoms. The summed E-state index contributed by atoms with van der Waals surface area (Å²) in [6.45, 7) is 0. The maximum Gasteiger partial charge on any atom is 0.158 e. The molecule has 1 heterocycles. The van der Waals surface area contributed by atoms with Gasteiger partial charge in [0.1, 0.15) is 5.00 Å². The third kappa shape index (κ3) is 0.990. The highest BCUT2D eigenvalue weighted by Crippen LogP contribution is 2.42. The van der Waals surface area contributed by atoms with Crippen LogP contribution in [0.1, 0.15) is 0 Å². The second kappa shape index (κ2) is 2.64. The van der Waals surface area contributed by atoms with E-state index >= 15 is 0 Å². The van der Waals surface area contributed by atoms with Crippen molar-refractivity contribution >= 4 is 42.4 Å². The van der Waals surface area contributed by atoms with Crippen molar-refractivity contribution in [1.29, 1.82) is 0 Å². The van der Waals surface area contributed by atoms with Crippen molar-refractivity contribution in [2.24, 2.45) is 0 Å². The topological polar surface area (TPSA) is 46.2 Å². The van der Waals surface area contributed by atoms with E-state index in [0.29, 0.717) is 5.00 Å². The average molecular weight is 244 g/mol. The highest BCUT2D eigenvalue weighted by Gasteiger charge is 2.09. The molecule has 2 rings (SSSR count). The van der Waals surface area contributed by atoms with Crippen LogP contribution in [0.4, 0.5) is 5.00 Å². The van der Waals surface area contributed by atoms with Crippen LogP contribution < -0.4 is 5.73 Å². The van der Waals surface area contributed by atoms with Gasteiger partial charge in [0.05, 0.1) is 5.39 Å². The Morgan fingerprint density at radius 2 is 2.17 bits per heavy atom. The molecule has 0 spiro atoms. The summed E-state index contributed by atoms with van der Waals surface area (Å²) in [6.07, 6.45) is 0. The first-order valence-corrected chi connectivity index (χ1v) is 4.96. The fourth-order valence-electron chi connectivity index (χ4n) is 1.11. The molecule has 1 aromatic carbocycles. The lowest BCUT2D eigenvalue weighted by atomic mass is 10.2. The fraction of sp³-hybridized carbons (Fsp3) is 0. The fourth-order valence-corrected chi connectivity index (χ4v) is 2.69. The lowest BCUT2D eigenvalue weighted by molar-refractivity contribution is 0.486. The smallest absolute Gasteiger partial charge is 0.158 e. The minimum Gasteiger partial charge on any atom is -0.504 e. The number of aromatic hydroxyl groups is 1. The molecule has 0 radical (unpaired) electrons. The molecule has 2 aromatic rings. The van der Waals surface area contributed by atoms with E-state index in [2.05, 4.69) is 15.9 Å². The summed E-state index contributed by atoms with van der Waals surface area (Å²) >= 11 is 4.74. The zero-order valence-electron chi connectivity index (χ0n) is 6.04. The lowest BCUT2D eigenvalue weighted by Crippen LogP contribution is -1.76. The second-order valence-electron chi connectivity index (χ2n) is 2.43. The quantitative estimate of drug-likeness (QED) is 0.748. The van der Waals surface area contributed by atoms with E-state index in [1.165, 1.54) is 11.3 Å². The van der Waals surface area contributed by atoms with E-state index in [-0.39, 0.29) is 5.75 Å². The number of fused-ring (bicyclic) bond motifs is 1. The molecule has 0 aliphatic rings. The number of anilines is 1. The van der Waals surface area contributed by atoms with Crippen LogP contribution in [0, 0.1) is 0 Å².